The minimum atomic E-state index is -4.94. The molecule has 0 atom stereocenters. The Labute approximate surface area is 282 Å². The molecule has 0 heterocycles. The van der Waals surface area contributed by atoms with Crippen LogP contribution in [0.1, 0.15) is 1.43 Å². The predicted octanol–water partition coefficient (Wildman–Crippen LogP) is 7.41. The Bertz CT molecular complexity index is 2220. The van der Waals surface area contributed by atoms with Crippen LogP contribution in [0.4, 0.5) is 45.5 Å². The zero-order valence-electron chi connectivity index (χ0n) is 24.7. The Morgan fingerprint density at radius 1 is 0.688 bits per heavy atom. The van der Waals surface area contributed by atoms with Crippen molar-refractivity contribution in [3.05, 3.63) is 117 Å². The first kappa shape index (κ1) is 36.3. The molecule has 243 valence electrons. The van der Waals surface area contributed by atoms with Crippen LogP contribution in [0.3, 0.4) is 0 Å². The van der Waals surface area contributed by atoms with Crippen LogP contribution in [0, 0.1) is 20.2 Å². The molecule has 0 bridgehead atoms. The predicted molar refractivity (Wildman–Crippen MR) is 163 cm³/mol. The van der Waals surface area contributed by atoms with Gasteiger partial charge in [0.25, 0.3) is 11.4 Å². The van der Waals surface area contributed by atoms with Gasteiger partial charge in [-0.25, -0.2) is 8.42 Å². The third kappa shape index (κ3) is 8.53. The molecule has 0 aliphatic heterocycles. The smallest absolute Gasteiger partial charge is 0.871 e. The van der Waals surface area contributed by atoms with Crippen molar-refractivity contribution in [2.24, 2.45) is 20.5 Å². The molecule has 0 fully saturated rings. The van der Waals surface area contributed by atoms with Crippen molar-refractivity contribution in [3.63, 3.8) is 0 Å². The van der Waals surface area contributed by atoms with Crippen molar-refractivity contribution in [3.8, 4) is 17.2 Å². The SMILES string of the molecule is O=[N+]([O-])c1ccc([O-])c(N=Nc2c([O-])ccc3ccccc23)c1.[Cr+3].[H+].[NH-]c1cc([NH-])c(S(=O)(=O)[O-])cc1N=Nc1cc([N+](=O)[O-])ccc1O. The summed E-state index contributed by atoms with van der Waals surface area (Å²) in [5, 5.41) is 70.8. The van der Waals surface area contributed by atoms with Gasteiger partial charge in [-0.05, 0) is 17.5 Å². The summed E-state index contributed by atoms with van der Waals surface area (Å²) < 4.78 is 33.1. The topological polar surface area (TPSA) is 307 Å². The molecule has 0 saturated carbocycles. The van der Waals surface area contributed by atoms with Gasteiger partial charge in [0.15, 0.2) is 0 Å². The fraction of sp³-hybridized carbons (Fsp3) is 0. The molecule has 0 spiro atoms. The van der Waals surface area contributed by atoms with Crippen LogP contribution in [0.25, 0.3) is 22.2 Å². The van der Waals surface area contributed by atoms with E-state index in [1.165, 1.54) is 6.07 Å². The van der Waals surface area contributed by atoms with Crippen molar-refractivity contribution >= 4 is 66.4 Å². The number of hydrogen-bond donors (Lipinski definition) is 1. The maximum absolute atomic E-state index is 12.0. The monoisotopic (exact) mass is 710 g/mol. The van der Waals surface area contributed by atoms with Gasteiger partial charge in [0.05, 0.1) is 26.9 Å². The van der Waals surface area contributed by atoms with E-state index in [1.807, 2.05) is 12.1 Å². The van der Waals surface area contributed by atoms with Crippen molar-refractivity contribution in [2.75, 3.05) is 0 Å². The van der Waals surface area contributed by atoms with E-state index in [0.29, 0.717) is 11.5 Å². The average molecular weight is 711 g/mol. The van der Waals surface area contributed by atoms with Gasteiger partial charge in [-0.2, -0.15) is 15.3 Å². The summed E-state index contributed by atoms with van der Waals surface area (Å²) in [6.45, 7) is 0. The average Bonchev–Trinajstić information content (AvgIpc) is 3.01. The molecule has 5 aromatic carbocycles. The first-order chi connectivity index (χ1) is 22.1. The Kier molecular flexibility index (Phi) is 11.3. The van der Waals surface area contributed by atoms with E-state index in [0.717, 1.165) is 47.9 Å². The summed E-state index contributed by atoms with van der Waals surface area (Å²) >= 11 is 0. The van der Waals surface area contributed by atoms with E-state index in [-0.39, 0.29) is 64.3 Å². The quantitative estimate of drug-likeness (QED) is 0.0754. The number of nitro benzene ring substituents is 2. The van der Waals surface area contributed by atoms with Gasteiger partial charge < -0.3 is 31.3 Å². The molecule has 18 nitrogen and oxygen atoms in total. The van der Waals surface area contributed by atoms with E-state index in [9.17, 15) is 48.5 Å². The molecule has 0 aromatic heterocycles. The normalized spacial score (nSPS) is 11.2. The summed E-state index contributed by atoms with van der Waals surface area (Å²) in [6.07, 6.45) is 0. The molecule has 0 unspecified atom stereocenters. The second-order valence-electron chi connectivity index (χ2n) is 9.19. The minimum Gasteiger partial charge on any atom is -0.871 e. The van der Waals surface area contributed by atoms with Gasteiger partial charge in [-0.15, -0.1) is 16.5 Å². The number of nitro groups is 2. The van der Waals surface area contributed by atoms with Gasteiger partial charge in [-0.3, -0.25) is 20.2 Å². The van der Waals surface area contributed by atoms with Crippen molar-refractivity contribution in [1.29, 1.82) is 0 Å². The summed E-state index contributed by atoms with van der Waals surface area (Å²) in [7, 11) is -4.94. The van der Waals surface area contributed by atoms with Gasteiger partial charge in [-0.1, -0.05) is 60.0 Å². The van der Waals surface area contributed by atoms with Crippen LogP contribution in [0.5, 0.6) is 17.2 Å². The number of azo groups is 2. The molecule has 20 heteroatoms. The summed E-state index contributed by atoms with van der Waals surface area (Å²) in [5.41, 5.74) is 12.6. The number of rotatable bonds is 7. The second kappa shape index (κ2) is 14.9. The minimum absolute atomic E-state index is 0. The summed E-state index contributed by atoms with van der Waals surface area (Å²) in [5.74, 6) is -1.28. The number of nitrogens with zero attached hydrogens (tertiary/aromatic N) is 6. The van der Waals surface area contributed by atoms with Gasteiger partial charge >= 0.3 is 18.8 Å². The van der Waals surface area contributed by atoms with E-state index in [1.54, 1.807) is 18.2 Å². The van der Waals surface area contributed by atoms with Gasteiger partial charge in [0.1, 0.15) is 21.6 Å². The van der Waals surface area contributed by atoms with Crippen molar-refractivity contribution in [2.45, 2.75) is 4.90 Å². The number of aromatic hydroxyl groups is 1. The number of phenols is 1. The number of nitrogens with one attached hydrogen (secondary N) is 2. The molecule has 0 aliphatic carbocycles. The van der Waals surface area contributed by atoms with E-state index < -0.39 is 42.0 Å². The summed E-state index contributed by atoms with van der Waals surface area (Å²) in [4.78, 5) is 19.2. The Balaban J connectivity index is 0.000000327. The fourth-order valence-corrected chi connectivity index (χ4v) is 4.40. The Hall–Kier alpha value is -6.20. The molecule has 1 radical (unpaired) electrons. The molecule has 5 aromatic rings. The molecule has 0 aliphatic rings. The molecule has 5 rings (SSSR count). The van der Waals surface area contributed by atoms with Gasteiger partial charge in [0.2, 0.25) is 0 Å². The maximum atomic E-state index is 12.0. The second-order valence-corrected chi connectivity index (χ2v) is 10.5. The molecule has 0 saturated heterocycles. The maximum Gasteiger partial charge on any atom is 3.00 e. The standard InChI is InChI=1S/C16H11N3O4.C12H9N5O6S.Cr/c20-14-8-6-11(19(22)23)9-13(14)17-18-16-12-4-2-1-3-10(12)5-7-15(16)21;13-7-4-8(14)12(24(21,22)23)5-9(7)15-16-10-3-6(17(19)20)1-2-11(10)18;/h1-9,20-21H;1-5H,(H4-2,13,14,15,16,18,21,22,23);/q;-2;+3/p-2. The zero-order chi connectivity index (χ0) is 34.5. The zero-order valence-corrected chi connectivity index (χ0v) is 25.8. The van der Waals surface area contributed by atoms with E-state index >= 15 is 0 Å². The van der Waals surface area contributed by atoms with Crippen LogP contribution in [0.2, 0.25) is 0 Å². The van der Waals surface area contributed by atoms with Crippen LogP contribution in [0.15, 0.2) is 110 Å². The number of benzene rings is 5. The van der Waals surface area contributed by atoms with Crippen LogP contribution < -0.4 is 10.2 Å². The molecule has 3 N–H and O–H groups in total. The third-order valence-corrected chi connectivity index (χ3v) is 6.95. The number of hydrogen-bond acceptors (Lipinski definition) is 14. The summed E-state index contributed by atoms with van der Waals surface area (Å²) in [6, 6.07) is 17.8. The van der Waals surface area contributed by atoms with Crippen LogP contribution >= 0.6 is 0 Å². The van der Waals surface area contributed by atoms with Crippen LogP contribution in [-0.4, -0.2) is 27.9 Å². The van der Waals surface area contributed by atoms with E-state index in [4.69, 9.17) is 11.5 Å². The van der Waals surface area contributed by atoms with Crippen molar-refractivity contribution < 1.29 is 56.9 Å². The molecule has 0 amide bonds. The number of fused-ring (bicyclic) bond motifs is 1. The largest absolute Gasteiger partial charge is 3.00 e. The first-order valence-electron chi connectivity index (χ1n) is 12.7. The Morgan fingerprint density at radius 3 is 1.90 bits per heavy atom. The molecular weight excluding hydrogens is 692 g/mol. The van der Waals surface area contributed by atoms with Crippen molar-refractivity contribution in [1.82, 2.24) is 0 Å². The molecular formula is C28H18CrN8O10S-. The first-order valence-corrected chi connectivity index (χ1v) is 14.1. The number of phenolic OH excluding ortho intramolecular Hbond substituents is 1. The number of non-ortho nitro benzene ring substituents is 2. The fourth-order valence-electron chi connectivity index (χ4n) is 3.81. The Morgan fingerprint density at radius 2 is 1.25 bits per heavy atom. The third-order valence-electron chi connectivity index (χ3n) is 6.08. The molecule has 48 heavy (non-hydrogen) atoms. The van der Waals surface area contributed by atoms with Gasteiger partial charge in [0, 0.05) is 34.5 Å². The van der Waals surface area contributed by atoms with E-state index in [2.05, 4.69) is 20.5 Å². The van der Waals surface area contributed by atoms with Crippen LogP contribution in [-0.2, 0) is 27.5 Å².